The SMILES string of the molecule is C[Si](C)(N)CCc1ccccc1. The van der Waals surface area contributed by atoms with Crippen LogP contribution in [0.3, 0.4) is 0 Å². The lowest BCUT2D eigenvalue weighted by Crippen LogP contribution is -2.38. The van der Waals surface area contributed by atoms with Gasteiger partial charge in [0.05, 0.1) is 0 Å². The Hall–Kier alpha value is -0.603. The maximum Gasteiger partial charge on any atom is 0.117 e. The van der Waals surface area contributed by atoms with Crippen molar-refractivity contribution < 1.29 is 0 Å². The highest BCUT2D eigenvalue weighted by Crippen LogP contribution is 2.08. The van der Waals surface area contributed by atoms with Crippen molar-refractivity contribution in [3.05, 3.63) is 35.9 Å². The molecule has 0 saturated heterocycles. The molecule has 0 aromatic heterocycles. The van der Waals surface area contributed by atoms with Crippen LogP contribution in [-0.4, -0.2) is 8.24 Å². The Morgan fingerprint density at radius 2 is 1.75 bits per heavy atom. The first-order valence-corrected chi connectivity index (χ1v) is 7.69. The maximum absolute atomic E-state index is 6.02. The van der Waals surface area contributed by atoms with E-state index >= 15 is 0 Å². The molecule has 0 heterocycles. The summed E-state index contributed by atoms with van der Waals surface area (Å²) in [7, 11) is -1.34. The minimum Gasteiger partial charge on any atom is -0.351 e. The zero-order valence-corrected chi connectivity index (χ0v) is 8.88. The van der Waals surface area contributed by atoms with E-state index in [9.17, 15) is 0 Å². The summed E-state index contributed by atoms with van der Waals surface area (Å²) in [6.07, 6.45) is 1.14. The molecule has 12 heavy (non-hydrogen) atoms. The van der Waals surface area contributed by atoms with Gasteiger partial charge in [-0.2, -0.15) is 0 Å². The first-order chi connectivity index (χ1) is 5.58. The fourth-order valence-electron chi connectivity index (χ4n) is 1.11. The summed E-state index contributed by atoms with van der Waals surface area (Å²) >= 11 is 0. The van der Waals surface area contributed by atoms with Crippen LogP contribution in [0.1, 0.15) is 5.56 Å². The fourth-order valence-corrected chi connectivity index (χ4v) is 2.04. The summed E-state index contributed by atoms with van der Waals surface area (Å²) in [4.78, 5) is 0. The zero-order chi connectivity index (χ0) is 9.03. The van der Waals surface area contributed by atoms with Crippen molar-refractivity contribution in [3.8, 4) is 0 Å². The average molecular weight is 179 g/mol. The smallest absolute Gasteiger partial charge is 0.117 e. The molecular weight excluding hydrogens is 162 g/mol. The molecule has 0 bridgehead atoms. The molecule has 0 aliphatic rings. The van der Waals surface area contributed by atoms with Gasteiger partial charge >= 0.3 is 0 Å². The molecular formula is C10H17NSi. The predicted octanol–water partition coefficient (Wildman–Crippen LogP) is 2.39. The number of hydrogen-bond acceptors (Lipinski definition) is 1. The van der Waals surface area contributed by atoms with Crippen LogP contribution in [0.25, 0.3) is 0 Å². The van der Waals surface area contributed by atoms with Crippen LogP contribution in [0, 0.1) is 0 Å². The molecule has 1 rings (SSSR count). The number of hydrogen-bond donors (Lipinski definition) is 1. The van der Waals surface area contributed by atoms with Crippen LogP contribution >= 0.6 is 0 Å². The summed E-state index contributed by atoms with van der Waals surface area (Å²) in [6.45, 7) is 4.41. The van der Waals surface area contributed by atoms with Crippen molar-refractivity contribution in [1.29, 1.82) is 0 Å². The second kappa shape index (κ2) is 3.87. The van der Waals surface area contributed by atoms with Crippen molar-refractivity contribution >= 4 is 8.24 Å². The Morgan fingerprint density at radius 1 is 1.17 bits per heavy atom. The van der Waals surface area contributed by atoms with Gasteiger partial charge in [0, 0.05) is 0 Å². The minimum atomic E-state index is -1.34. The van der Waals surface area contributed by atoms with Crippen molar-refractivity contribution in [2.45, 2.75) is 25.6 Å². The lowest BCUT2D eigenvalue weighted by molar-refractivity contribution is 1.09. The highest BCUT2D eigenvalue weighted by molar-refractivity contribution is 6.74. The number of rotatable bonds is 3. The molecule has 0 unspecified atom stereocenters. The Balaban J connectivity index is 2.44. The molecule has 66 valence electrons. The Kier molecular flexibility index (Phi) is 3.06. The molecule has 2 heteroatoms. The highest BCUT2D eigenvalue weighted by atomic mass is 28.3. The van der Waals surface area contributed by atoms with E-state index in [4.69, 9.17) is 5.40 Å². The third-order valence-corrected chi connectivity index (χ3v) is 3.44. The Morgan fingerprint density at radius 3 is 2.25 bits per heavy atom. The van der Waals surface area contributed by atoms with E-state index in [1.165, 1.54) is 11.6 Å². The number of nitrogens with two attached hydrogens (primary N) is 1. The molecule has 0 saturated carbocycles. The largest absolute Gasteiger partial charge is 0.351 e. The standard InChI is InChI=1S/C10H17NSi/c1-12(2,11)9-8-10-6-4-3-5-7-10/h3-7H,8-9,11H2,1-2H3. The van der Waals surface area contributed by atoms with Gasteiger partial charge in [-0.1, -0.05) is 43.4 Å². The van der Waals surface area contributed by atoms with E-state index in [-0.39, 0.29) is 0 Å². The van der Waals surface area contributed by atoms with Crippen LogP contribution in [0.5, 0.6) is 0 Å². The lowest BCUT2D eigenvalue weighted by Gasteiger charge is -2.14. The van der Waals surface area contributed by atoms with Gasteiger partial charge in [0.15, 0.2) is 0 Å². The Bertz CT molecular complexity index is 225. The van der Waals surface area contributed by atoms with Gasteiger partial charge in [-0.3, -0.25) is 0 Å². The van der Waals surface area contributed by atoms with E-state index < -0.39 is 8.24 Å². The average Bonchev–Trinajstić information content (AvgIpc) is 2.02. The second-order valence-electron chi connectivity index (χ2n) is 3.97. The van der Waals surface area contributed by atoms with Crippen molar-refractivity contribution in [2.75, 3.05) is 0 Å². The normalized spacial score (nSPS) is 11.6. The van der Waals surface area contributed by atoms with Crippen LogP contribution < -0.4 is 5.40 Å². The number of aryl methyl sites for hydroxylation is 1. The van der Waals surface area contributed by atoms with Crippen LogP contribution in [0.2, 0.25) is 19.1 Å². The van der Waals surface area contributed by atoms with E-state index in [1.54, 1.807) is 0 Å². The molecule has 0 aliphatic heterocycles. The Labute approximate surface area is 75.7 Å². The summed E-state index contributed by atoms with van der Waals surface area (Å²) in [5.74, 6) is 0. The zero-order valence-electron chi connectivity index (χ0n) is 7.88. The van der Waals surface area contributed by atoms with Crippen LogP contribution in [0.15, 0.2) is 30.3 Å². The van der Waals surface area contributed by atoms with E-state index in [1.807, 2.05) is 0 Å². The lowest BCUT2D eigenvalue weighted by atomic mass is 10.2. The molecule has 0 fully saturated rings. The molecule has 0 amide bonds. The topological polar surface area (TPSA) is 26.0 Å². The van der Waals surface area contributed by atoms with Gasteiger partial charge in [0.2, 0.25) is 0 Å². The summed E-state index contributed by atoms with van der Waals surface area (Å²) in [5, 5.41) is 6.02. The van der Waals surface area contributed by atoms with E-state index in [2.05, 4.69) is 43.4 Å². The number of benzene rings is 1. The molecule has 1 aromatic rings. The van der Waals surface area contributed by atoms with Gasteiger partial charge in [-0.05, 0) is 18.0 Å². The van der Waals surface area contributed by atoms with Gasteiger partial charge in [-0.15, -0.1) is 0 Å². The van der Waals surface area contributed by atoms with Crippen molar-refractivity contribution in [2.24, 2.45) is 5.40 Å². The minimum absolute atomic E-state index is 1.14. The van der Waals surface area contributed by atoms with Crippen molar-refractivity contribution in [1.82, 2.24) is 0 Å². The van der Waals surface area contributed by atoms with Gasteiger partial charge in [0.25, 0.3) is 0 Å². The molecule has 0 atom stereocenters. The van der Waals surface area contributed by atoms with Crippen molar-refractivity contribution in [3.63, 3.8) is 0 Å². The maximum atomic E-state index is 6.02. The van der Waals surface area contributed by atoms with Crippen LogP contribution in [0.4, 0.5) is 0 Å². The first-order valence-electron chi connectivity index (χ1n) is 4.41. The highest BCUT2D eigenvalue weighted by Gasteiger charge is 2.13. The quantitative estimate of drug-likeness (QED) is 0.708. The van der Waals surface area contributed by atoms with E-state index in [0.29, 0.717) is 0 Å². The monoisotopic (exact) mass is 179 g/mol. The first kappa shape index (κ1) is 9.48. The summed E-state index contributed by atoms with van der Waals surface area (Å²) in [5.41, 5.74) is 1.41. The van der Waals surface area contributed by atoms with E-state index in [0.717, 1.165) is 6.42 Å². The molecule has 1 aromatic carbocycles. The second-order valence-corrected chi connectivity index (χ2v) is 8.45. The van der Waals surface area contributed by atoms with Crippen LogP contribution in [-0.2, 0) is 6.42 Å². The molecule has 0 radical (unpaired) electrons. The molecule has 1 nitrogen and oxygen atoms in total. The predicted molar refractivity (Wildman–Crippen MR) is 56.6 cm³/mol. The fraction of sp³-hybridized carbons (Fsp3) is 0.400. The third-order valence-electron chi connectivity index (χ3n) is 1.90. The van der Waals surface area contributed by atoms with Gasteiger partial charge in [0.1, 0.15) is 8.24 Å². The molecule has 0 aliphatic carbocycles. The van der Waals surface area contributed by atoms with Gasteiger partial charge < -0.3 is 5.40 Å². The molecule has 2 N–H and O–H groups in total. The molecule has 0 spiro atoms. The summed E-state index contributed by atoms with van der Waals surface area (Å²) in [6, 6.07) is 11.7. The summed E-state index contributed by atoms with van der Waals surface area (Å²) < 4.78 is 0. The van der Waals surface area contributed by atoms with Gasteiger partial charge in [-0.25, -0.2) is 0 Å². The third kappa shape index (κ3) is 3.69.